The van der Waals surface area contributed by atoms with Gasteiger partial charge < -0.3 is 9.53 Å². The van der Waals surface area contributed by atoms with Crippen LogP contribution in [0.3, 0.4) is 0 Å². The molecule has 1 N–H and O–H groups in total. The van der Waals surface area contributed by atoms with E-state index >= 15 is 0 Å². The monoisotopic (exact) mass is 422 g/mol. The first-order valence-electron chi connectivity index (χ1n) is 7.94. The molecule has 1 aliphatic carbocycles. The van der Waals surface area contributed by atoms with Crippen molar-refractivity contribution in [1.82, 2.24) is 9.97 Å². The summed E-state index contributed by atoms with van der Waals surface area (Å²) < 4.78 is 34.1. The zero-order chi connectivity index (χ0) is 18.4. The van der Waals surface area contributed by atoms with Crippen molar-refractivity contribution in [2.75, 3.05) is 6.61 Å². The summed E-state index contributed by atoms with van der Waals surface area (Å²) in [6.45, 7) is 10.2. The van der Waals surface area contributed by atoms with E-state index in [1.165, 1.54) is 12.4 Å². The van der Waals surface area contributed by atoms with Crippen LogP contribution >= 0.6 is 15.9 Å². The molecule has 1 aromatic rings. The molecule has 24 heavy (non-hydrogen) atoms. The Hall–Kier alpha value is -0.443. The van der Waals surface area contributed by atoms with Gasteiger partial charge in [-0.25, -0.2) is 18.7 Å². The van der Waals surface area contributed by atoms with Gasteiger partial charge in [-0.3, -0.25) is 0 Å². The molecule has 0 atom stereocenters. The zero-order valence-corrected chi connectivity index (χ0v) is 17.3. The van der Waals surface area contributed by atoms with Crippen molar-refractivity contribution >= 4 is 24.2 Å². The fourth-order valence-corrected chi connectivity index (χ4v) is 3.97. The summed E-state index contributed by atoms with van der Waals surface area (Å²) in [5.74, 6) is 0.189. The number of nitrogens with zero attached hydrogens (tertiary/aromatic N) is 2. The smallest absolute Gasteiger partial charge is 0.246 e. The van der Waals surface area contributed by atoms with Crippen molar-refractivity contribution in [2.45, 2.75) is 63.8 Å². The lowest BCUT2D eigenvalue weighted by Gasteiger charge is -2.53. The molecule has 0 saturated heterocycles. The Kier molecular flexibility index (Phi) is 5.28. The number of aromatic nitrogens is 2. The van der Waals surface area contributed by atoms with Crippen LogP contribution in [-0.2, 0) is 10.0 Å². The molecule has 0 spiro atoms. The third kappa shape index (κ3) is 3.71. The second kappa shape index (κ2) is 6.37. The first-order valence-corrected chi connectivity index (χ1v) is 11.6. The molecular formula is C16H25BrF2N2O2Si. The lowest BCUT2D eigenvalue weighted by atomic mass is 9.59. The molecule has 8 heteroatoms. The highest BCUT2D eigenvalue weighted by atomic mass is 79.9. The first kappa shape index (κ1) is 19.9. The number of aliphatic hydroxyl groups is 1. The fourth-order valence-electron chi connectivity index (χ4n) is 2.68. The van der Waals surface area contributed by atoms with Crippen LogP contribution in [0.15, 0.2) is 16.9 Å². The summed E-state index contributed by atoms with van der Waals surface area (Å²) in [6, 6.07) is 0. The Morgan fingerprint density at radius 3 is 2.21 bits per heavy atom. The van der Waals surface area contributed by atoms with Crippen molar-refractivity contribution in [3.05, 3.63) is 22.7 Å². The average molecular weight is 423 g/mol. The van der Waals surface area contributed by atoms with Crippen molar-refractivity contribution in [3.63, 3.8) is 0 Å². The molecule has 136 valence electrons. The van der Waals surface area contributed by atoms with E-state index in [4.69, 9.17) is 4.43 Å². The van der Waals surface area contributed by atoms with Crippen LogP contribution in [0.25, 0.3) is 0 Å². The van der Waals surface area contributed by atoms with Crippen LogP contribution in [0.1, 0.15) is 39.4 Å². The lowest BCUT2D eigenvalue weighted by molar-refractivity contribution is -0.209. The van der Waals surface area contributed by atoms with Crippen LogP contribution in [0.2, 0.25) is 18.1 Å². The van der Waals surface area contributed by atoms with E-state index in [0.717, 1.165) is 0 Å². The lowest BCUT2D eigenvalue weighted by Crippen LogP contribution is -2.58. The Balaban J connectivity index is 2.11. The van der Waals surface area contributed by atoms with Gasteiger partial charge in [0, 0.05) is 19.0 Å². The standard InChI is InChI=1S/C16H25BrF2N2O2Si/c1-14(2,3)24(4,5)23-10-15(12(18)19)8-16(22,9-15)13-20-6-11(17)7-21-13/h6-7,12,22H,8-10H2,1-5H3. The summed E-state index contributed by atoms with van der Waals surface area (Å²) in [5.41, 5.74) is -2.74. The van der Waals surface area contributed by atoms with E-state index < -0.39 is 25.8 Å². The third-order valence-electron chi connectivity index (χ3n) is 5.32. The van der Waals surface area contributed by atoms with Crippen LogP contribution < -0.4 is 0 Å². The van der Waals surface area contributed by atoms with Crippen molar-refractivity contribution in [3.8, 4) is 0 Å². The van der Waals surface area contributed by atoms with E-state index in [2.05, 4.69) is 46.7 Å². The van der Waals surface area contributed by atoms with Gasteiger partial charge in [0.25, 0.3) is 0 Å². The number of rotatable bonds is 5. The predicted molar refractivity (Wildman–Crippen MR) is 94.4 cm³/mol. The Morgan fingerprint density at radius 2 is 1.79 bits per heavy atom. The number of halogens is 3. The summed E-state index contributed by atoms with van der Waals surface area (Å²) in [6.07, 6.45) is 0.281. The molecule has 0 radical (unpaired) electrons. The molecule has 0 aliphatic heterocycles. The van der Waals surface area contributed by atoms with Crippen LogP contribution in [0.4, 0.5) is 8.78 Å². The molecule has 1 aliphatic rings. The number of hydrogen-bond acceptors (Lipinski definition) is 4. The highest BCUT2D eigenvalue weighted by Gasteiger charge is 2.61. The maximum atomic E-state index is 13.7. The van der Waals surface area contributed by atoms with Gasteiger partial charge in [0.05, 0.1) is 9.89 Å². The summed E-state index contributed by atoms with van der Waals surface area (Å²) in [4.78, 5) is 8.12. The maximum Gasteiger partial charge on any atom is 0.246 e. The first-order chi connectivity index (χ1) is 10.8. The van der Waals surface area contributed by atoms with Crippen LogP contribution in [-0.4, -0.2) is 36.4 Å². The van der Waals surface area contributed by atoms with Gasteiger partial charge in [-0.2, -0.15) is 0 Å². The van der Waals surface area contributed by atoms with Crippen LogP contribution in [0, 0.1) is 5.41 Å². The molecule has 4 nitrogen and oxygen atoms in total. The Bertz CT molecular complexity index is 585. The largest absolute Gasteiger partial charge is 0.416 e. The van der Waals surface area contributed by atoms with E-state index in [-0.39, 0.29) is 30.3 Å². The minimum Gasteiger partial charge on any atom is -0.416 e. The zero-order valence-electron chi connectivity index (χ0n) is 14.7. The molecule has 2 rings (SSSR count). The van der Waals surface area contributed by atoms with Gasteiger partial charge in [0.2, 0.25) is 6.43 Å². The van der Waals surface area contributed by atoms with Gasteiger partial charge >= 0.3 is 0 Å². The fraction of sp³-hybridized carbons (Fsp3) is 0.750. The van der Waals surface area contributed by atoms with Crippen molar-refractivity contribution in [2.24, 2.45) is 5.41 Å². The molecule has 0 bridgehead atoms. The van der Waals surface area contributed by atoms with E-state index in [1.54, 1.807) is 0 Å². The molecule has 1 heterocycles. The number of alkyl halides is 2. The highest BCUT2D eigenvalue weighted by molar-refractivity contribution is 9.10. The number of hydrogen-bond donors (Lipinski definition) is 1. The Morgan fingerprint density at radius 1 is 1.29 bits per heavy atom. The van der Waals surface area contributed by atoms with Crippen molar-refractivity contribution < 1.29 is 18.3 Å². The minimum absolute atomic E-state index is 0.0417. The van der Waals surface area contributed by atoms with Gasteiger partial charge in [-0.05, 0) is 46.9 Å². The summed E-state index contributed by atoms with van der Waals surface area (Å²) >= 11 is 3.22. The predicted octanol–water partition coefficient (Wildman–Crippen LogP) is 4.49. The quantitative estimate of drug-likeness (QED) is 0.709. The van der Waals surface area contributed by atoms with Gasteiger partial charge in [-0.15, -0.1) is 0 Å². The molecule has 0 aromatic carbocycles. The van der Waals surface area contributed by atoms with Crippen LogP contribution in [0.5, 0.6) is 0 Å². The highest BCUT2D eigenvalue weighted by Crippen LogP contribution is 2.57. The molecule has 1 saturated carbocycles. The second-order valence-electron chi connectivity index (χ2n) is 8.32. The summed E-state index contributed by atoms with van der Waals surface area (Å²) in [5, 5.41) is 10.6. The van der Waals surface area contributed by atoms with E-state index in [9.17, 15) is 13.9 Å². The van der Waals surface area contributed by atoms with Gasteiger partial charge in [-0.1, -0.05) is 20.8 Å². The van der Waals surface area contributed by atoms with E-state index in [1.807, 2.05) is 13.1 Å². The second-order valence-corrected chi connectivity index (χ2v) is 14.0. The topological polar surface area (TPSA) is 55.2 Å². The van der Waals surface area contributed by atoms with Gasteiger partial charge in [0.1, 0.15) is 5.60 Å². The average Bonchev–Trinajstić information content (AvgIpc) is 2.41. The summed E-state index contributed by atoms with van der Waals surface area (Å²) in [7, 11) is -2.13. The maximum absolute atomic E-state index is 13.7. The SMILES string of the molecule is CC(C)(C)[Si](C)(C)OCC1(C(F)F)CC(O)(c2ncc(Br)cn2)C1. The molecule has 0 amide bonds. The van der Waals surface area contributed by atoms with Gasteiger partial charge in [0.15, 0.2) is 14.1 Å². The molecule has 1 aromatic heterocycles. The van der Waals surface area contributed by atoms with E-state index in [0.29, 0.717) is 4.47 Å². The molecule has 1 fully saturated rings. The Labute approximate surface area is 151 Å². The normalized spacial score (nSPS) is 28.1. The molecule has 0 unspecified atom stereocenters. The van der Waals surface area contributed by atoms with Crippen molar-refractivity contribution in [1.29, 1.82) is 0 Å². The minimum atomic E-state index is -2.56. The molecular weight excluding hydrogens is 398 g/mol. The third-order valence-corrected chi connectivity index (χ3v) is 10.2.